The molecule has 4 aromatic heterocycles. The smallest absolute Gasteiger partial charge is 0.260 e. The van der Waals surface area contributed by atoms with Gasteiger partial charge in [-0.25, -0.2) is 14.4 Å². The van der Waals surface area contributed by atoms with Crippen molar-refractivity contribution < 1.29 is 8.81 Å². The molecule has 144 valence electrons. The summed E-state index contributed by atoms with van der Waals surface area (Å²) in [5.41, 5.74) is 2.20. The lowest BCUT2D eigenvalue weighted by Gasteiger charge is -2.01. The highest BCUT2D eigenvalue weighted by atomic mass is 32.2. The average molecular weight is 424 g/mol. The third-order valence-electron chi connectivity index (χ3n) is 4.33. The van der Waals surface area contributed by atoms with Gasteiger partial charge in [-0.2, -0.15) is 0 Å². The molecule has 0 saturated heterocycles. The van der Waals surface area contributed by atoms with Crippen LogP contribution in [0.1, 0.15) is 5.82 Å². The van der Waals surface area contributed by atoms with E-state index in [4.69, 9.17) is 4.42 Å². The number of H-pyrrole nitrogens is 2. The summed E-state index contributed by atoms with van der Waals surface area (Å²) >= 11 is 2.84. The molecular weight excluding hydrogens is 411 g/mol. The lowest BCUT2D eigenvalue weighted by atomic mass is 10.2. The fourth-order valence-electron chi connectivity index (χ4n) is 2.96. The zero-order valence-electron chi connectivity index (χ0n) is 14.8. The summed E-state index contributed by atoms with van der Waals surface area (Å²) in [4.78, 5) is 28.2. The van der Waals surface area contributed by atoms with Crippen LogP contribution in [0.5, 0.6) is 0 Å². The zero-order chi connectivity index (χ0) is 19.8. The summed E-state index contributed by atoms with van der Waals surface area (Å²) in [6, 6.07) is 9.81. The first-order valence-corrected chi connectivity index (χ1v) is 10.5. The molecule has 0 saturated carbocycles. The molecule has 0 aliphatic heterocycles. The van der Waals surface area contributed by atoms with Crippen LogP contribution in [0.2, 0.25) is 0 Å². The van der Waals surface area contributed by atoms with Crippen LogP contribution in [0.25, 0.3) is 32.8 Å². The first-order chi connectivity index (χ1) is 14.2. The highest BCUT2D eigenvalue weighted by Crippen LogP contribution is 2.31. The van der Waals surface area contributed by atoms with Crippen LogP contribution in [0.15, 0.2) is 68.6 Å². The van der Waals surface area contributed by atoms with E-state index in [1.807, 2.05) is 11.4 Å². The van der Waals surface area contributed by atoms with Gasteiger partial charge < -0.3 is 14.4 Å². The predicted molar refractivity (Wildman–Crippen MR) is 111 cm³/mol. The second-order valence-electron chi connectivity index (χ2n) is 6.22. The number of benzene rings is 1. The van der Waals surface area contributed by atoms with Gasteiger partial charge in [-0.3, -0.25) is 4.79 Å². The lowest BCUT2D eigenvalue weighted by Crippen LogP contribution is -2.10. The van der Waals surface area contributed by atoms with Crippen molar-refractivity contribution in [2.24, 2.45) is 0 Å². The number of fused-ring (bicyclic) bond motifs is 1. The SMILES string of the molecule is O=c1[nH]c(CSc2ncc(-c3ccc(F)cc3)[nH]2)nc2scc(-c3ccco3)c12. The van der Waals surface area contributed by atoms with Gasteiger partial charge in [0.2, 0.25) is 0 Å². The number of thiophene rings is 1. The number of aromatic nitrogens is 4. The number of hydrogen-bond donors (Lipinski definition) is 2. The fourth-order valence-corrected chi connectivity index (χ4v) is 4.63. The molecule has 0 spiro atoms. The van der Waals surface area contributed by atoms with Crippen molar-refractivity contribution in [3.8, 4) is 22.6 Å². The van der Waals surface area contributed by atoms with Gasteiger partial charge in [-0.1, -0.05) is 11.8 Å². The van der Waals surface area contributed by atoms with Gasteiger partial charge in [0.15, 0.2) is 5.16 Å². The number of rotatable bonds is 5. The Balaban J connectivity index is 1.36. The van der Waals surface area contributed by atoms with Crippen molar-refractivity contribution in [3.63, 3.8) is 0 Å². The molecule has 5 rings (SSSR count). The van der Waals surface area contributed by atoms with Crippen LogP contribution in [0, 0.1) is 5.82 Å². The number of aromatic amines is 2. The summed E-state index contributed by atoms with van der Waals surface area (Å²) < 4.78 is 18.5. The van der Waals surface area contributed by atoms with E-state index < -0.39 is 0 Å². The number of hydrogen-bond acceptors (Lipinski definition) is 6. The molecule has 29 heavy (non-hydrogen) atoms. The molecule has 0 aliphatic carbocycles. The van der Waals surface area contributed by atoms with Gasteiger partial charge in [0.25, 0.3) is 5.56 Å². The summed E-state index contributed by atoms with van der Waals surface area (Å²) in [6.07, 6.45) is 3.28. The Hall–Kier alpha value is -3.17. The first kappa shape index (κ1) is 17.9. The Morgan fingerprint density at radius 2 is 2.03 bits per heavy atom. The standard InChI is InChI=1S/C20H13FN4O2S2/c21-12-5-3-11(4-6-12)14-8-22-20(23-14)29-10-16-24-18(26)17-13(9-28-19(17)25-16)15-2-1-7-27-15/h1-9H,10H2,(H,22,23)(H,24,25,26). The number of nitrogens with zero attached hydrogens (tertiary/aromatic N) is 2. The van der Waals surface area contributed by atoms with E-state index in [2.05, 4.69) is 19.9 Å². The van der Waals surface area contributed by atoms with Crippen LogP contribution >= 0.6 is 23.1 Å². The van der Waals surface area contributed by atoms with Gasteiger partial charge in [0, 0.05) is 10.9 Å². The number of thioether (sulfide) groups is 1. The first-order valence-electron chi connectivity index (χ1n) is 8.65. The van der Waals surface area contributed by atoms with Gasteiger partial charge in [-0.05, 0) is 42.0 Å². The number of halogens is 1. The quantitative estimate of drug-likeness (QED) is 0.385. The molecule has 0 bridgehead atoms. The Morgan fingerprint density at radius 3 is 2.83 bits per heavy atom. The molecule has 0 atom stereocenters. The second kappa shape index (κ2) is 7.34. The van der Waals surface area contributed by atoms with E-state index in [0.29, 0.717) is 32.7 Å². The molecule has 6 nitrogen and oxygen atoms in total. The molecule has 5 aromatic rings. The minimum atomic E-state index is -0.280. The number of nitrogens with one attached hydrogen (secondary N) is 2. The molecule has 2 N–H and O–H groups in total. The topological polar surface area (TPSA) is 87.6 Å². The average Bonchev–Trinajstić information content (AvgIpc) is 3.47. The van der Waals surface area contributed by atoms with Gasteiger partial charge in [0.05, 0.1) is 29.3 Å². The molecule has 9 heteroatoms. The maximum atomic E-state index is 13.1. The third kappa shape index (κ3) is 3.50. The second-order valence-corrected chi connectivity index (χ2v) is 8.04. The lowest BCUT2D eigenvalue weighted by molar-refractivity contribution is 0.583. The van der Waals surface area contributed by atoms with E-state index >= 15 is 0 Å². The maximum absolute atomic E-state index is 13.1. The van der Waals surface area contributed by atoms with Crippen LogP contribution in [0.3, 0.4) is 0 Å². The predicted octanol–water partition coefficient (Wildman–Crippen LogP) is 5.07. The Bertz CT molecular complexity index is 1340. The summed E-state index contributed by atoms with van der Waals surface area (Å²) in [5, 5.41) is 3.11. The van der Waals surface area contributed by atoms with Crippen LogP contribution < -0.4 is 5.56 Å². The van der Waals surface area contributed by atoms with E-state index in [1.54, 1.807) is 30.7 Å². The number of imidazole rings is 1. The van der Waals surface area contributed by atoms with E-state index in [-0.39, 0.29) is 11.4 Å². The maximum Gasteiger partial charge on any atom is 0.260 e. The molecule has 0 aliphatic rings. The molecular formula is C20H13FN4O2S2. The molecule has 4 heterocycles. The highest BCUT2D eigenvalue weighted by Gasteiger charge is 2.15. The molecule has 0 fully saturated rings. The van der Waals surface area contributed by atoms with Crippen molar-refractivity contribution >= 4 is 33.3 Å². The largest absolute Gasteiger partial charge is 0.464 e. The minimum Gasteiger partial charge on any atom is -0.464 e. The molecule has 0 amide bonds. The monoisotopic (exact) mass is 424 g/mol. The minimum absolute atomic E-state index is 0.190. The zero-order valence-corrected chi connectivity index (χ0v) is 16.4. The molecule has 0 radical (unpaired) electrons. The van der Waals surface area contributed by atoms with Crippen LogP contribution in [-0.4, -0.2) is 19.9 Å². The Morgan fingerprint density at radius 1 is 1.17 bits per heavy atom. The Kier molecular flexibility index (Phi) is 4.53. The molecule has 0 unspecified atom stereocenters. The fraction of sp³-hybridized carbons (Fsp3) is 0.0500. The normalized spacial score (nSPS) is 11.3. The van der Waals surface area contributed by atoms with Crippen molar-refractivity contribution in [3.05, 3.63) is 76.2 Å². The Labute approximate surface area is 171 Å². The van der Waals surface area contributed by atoms with Crippen molar-refractivity contribution in [1.29, 1.82) is 0 Å². The third-order valence-corrected chi connectivity index (χ3v) is 6.10. The summed E-state index contributed by atoms with van der Waals surface area (Å²) in [5.74, 6) is 1.39. The van der Waals surface area contributed by atoms with Crippen LogP contribution in [0.4, 0.5) is 4.39 Å². The number of furan rings is 1. The summed E-state index contributed by atoms with van der Waals surface area (Å²) in [6.45, 7) is 0. The van der Waals surface area contributed by atoms with Gasteiger partial charge >= 0.3 is 0 Å². The highest BCUT2D eigenvalue weighted by molar-refractivity contribution is 7.98. The van der Waals surface area contributed by atoms with E-state index in [9.17, 15) is 9.18 Å². The molecule has 1 aromatic carbocycles. The van der Waals surface area contributed by atoms with Gasteiger partial charge in [-0.15, -0.1) is 11.3 Å². The van der Waals surface area contributed by atoms with Gasteiger partial charge in [0.1, 0.15) is 22.2 Å². The van der Waals surface area contributed by atoms with Crippen molar-refractivity contribution in [2.45, 2.75) is 10.9 Å². The van der Waals surface area contributed by atoms with Crippen LogP contribution in [-0.2, 0) is 5.75 Å². The van der Waals surface area contributed by atoms with E-state index in [0.717, 1.165) is 16.8 Å². The van der Waals surface area contributed by atoms with E-state index in [1.165, 1.54) is 35.2 Å². The van der Waals surface area contributed by atoms with Crippen molar-refractivity contribution in [2.75, 3.05) is 0 Å². The summed E-state index contributed by atoms with van der Waals surface area (Å²) in [7, 11) is 0. The van der Waals surface area contributed by atoms with Crippen molar-refractivity contribution in [1.82, 2.24) is 19.9 Å².